The molecule has 0 aliphatic carbocycles. The molecule has 43 heavy (non-hydrogen) atoms. The van der Waals surface area contributed by atoms with Gasteiger partial charge in [-0.05, 0) is 25.9 Å². The summed E-state index contributed by atoms with van der Waals surface area (Å²) >= 11 is 0. The molecule has 0 radical (unpaired) electrons. The number of nitrogens with zero attached hydrogens (tertiary/aromatic N) is 2. The van der Waals surface area contributed by atoms with Crippen LogP contribution < -0.4 is 11.5 Å². The molecule has 258 valence electrons. The first-order valence-corrected chi connectivity index (χ1v) is 20.0. The van der Waals surface area contributed by atoms with Crippen molar-refractivity contribution in [3.05, 3.63) is 0 Å². The van der Waals surface area contributed by atoms with Crippen molar-refractivity contribution in [3.63, 3.8) is 0 Å². The highest BCUT2D eigenvalue weighted by molar-refractivity contribution is 5.75. The molecule has 0 heterocycles. The Kier molecular flexibility index (Phi) is 36.7. The number of nitrogens with two attached hydrogens (primary N) is 2. The zero-order valence-electron chi connectivity index (χ0n) is 30.0. The van der Waals surface area contributed by atoms with E-state index >= 15 is 0 Å². The molecule has 0 spiro atoms. The van der Waals surface area contributed by atoms with E-state index in [1.165, 1.54) is 219 Å². The quantitative estimate of drug-likeness (QED) is 0.0420. The Morgan fingerprint density at radius 2 is 0.581 bits per heavy atom. The second-order valence-electron chi connectivity index (χ2n) is 13.8. The molecule has 0 aliphatic heterocycles. The van der Waals surface area contributed by atoms with Crippen LogP contribution in [0.5, 0.6) is 0 Å². The van der Waals surface area contributed by atoms with Crippen LogP contribution in [-0.4, -0.2) is 37.0 Å². The predicted molar refractivity (Wildman–Crippen MR) is 196 cm³/mol. The SMILES string of the molecule is CCCCCCCCCCCCCCCCCCN(CCCCCCCCCCCCCCCCCC)CCN=C(N)N. The number of unbranched alkanes of at least 4 members (excludes halogenated alkanes) is 30. The van der Waals surface area contributed by atoms with Crippen molar-refractivity contribution < 1.29 is 0 Å². The van der Waals surface area contributed by atoms with Gasteiger partial charge < -0.3 is 16.4 Å². The first-order valence-electron chi connectivity index (χ1n) is 20.0. The Morgan fingerprint density at radius 1 is 0.349 bits per heavy atom. The van der Waals surface area contributed by atoms with Gasteiger partial charge in [0.15, 0.2) is 5.96 Å². The van der Waals surface area contributed by atoms with Gasteiger partial charge in [0.25, 0.3) is 0 Å². The van der Waals surface area contributed by atoms with Gasteiger partial charge in [0, 0.05) is 6.54 Å². The van der Waals surface area contributed by atoms with Crippen molar-refractivity contribution in [2.75, 3.05) is 26.2 Å². The summed E-state index contributed by atoms with van der Waals surface area (Å²) in [7, 11) is 0. The summed E-state index contributed by atoms with van der Waals surface area (Å²) in [5, 5.41) is 0. The normalized spacial score (nSPS) is 11.5. The molecule has 0 amide bonds. The van der Waals surface area contributed by atoms with E-state index < -0.39 is 0 Å². The van der Waals surface area contributed by atoms with Gasteiger partial charge in [-0.2, -0.15) is 0 Å². The third-order valence-electron chi connectivity index (χ3n) is 9.37. The lowest BCUT2D eigenvalue weighted by atomic mass is 10.0. The molecule has 4 heteroatoms. The van der Waals surface area contributed by atoms with E-state index in [9.17, 15) is 0 Å². The van der Waals surface area contributed by atoms with Crippen LogP contribution in [0.3, 0.4) is 0 Å². The first kappa shape index (κ1) is 42.2. The van der Waals surface area contributed by atoms with E-state index in [-0.39, 0.29) is 5.96 Å². The van der Waals surface area contributed by atoms with Gasteiger partial charge in [-0.1, -0.05) is 206 Å². The first-order chi connectivity index (χ1) is 21.2. The van der Waals surface area contributed by atoms with E-state index in [4.69, 9.17) is 11.5 Å². The molecule has 0 unspecified atom stereocenters. The van der Waals surface area contributed by atoms with Crippen LogP contribution in [0.1, 0.15) is 219 Å². The number of guanidine groups is 1. The van der Waals surface area contributed by atoms with Crippen molar-refractivity contribution in [1.82, 2.24) is 4.90 Å². The third kappa shape index (κ3) is 37.3. The third-order valence-corrected chi connectivity index (χ3v) is 9.37. The standard InChI is InChI=1S/C39H82N4/c1-3-5-7-9-11-13-15-17-19-21-23-25-27-29-31-33-36-43(38-35-42-39(40)41)37-34-32-30-28-26-24-22-20-18-16-14-12-10-8-6-4-2/h3-38H2,1-2H3,(H4,40,41,42). The Balaban J connectivity index is 3.63. The molecule has 0 saturated carbocycles. The van der Waals surface area contributed by atoms with Crippen molar-refractivity contribution >= 4 is 5.96 Å². The lowest BCUT2D eigenvalue weighted by Crippen LogP contribution is -2.30. The molecule has 0 aromatic rings. The Morgan fingerprint density at radius 3 is 0.814 bits per heavy atom. The van der Waals surface area contributed by atoms with Crippen molar-refractivity contribution in [2.45, 2.75) is 219 Å². The van der Waals surface area contributed by atoms with E-state index in [0.29, 0.717) is 0 Å². The minimum absolute atomic E-state index is 0.227. The molecule has 4 nitrogen and oxygen atoms in total. The topological polar surface area (TPSA) is 67.6 Å². The average molecular weight is 607 g/mol. The van der Waals surface area contributed by atoms with Crippen molar-refractivity contribution in [1.29, 1.82) is 0 Å². The van der Waals surface area contributed by atoms with Gasteiger partial charge >= 0.3 is 0 Å². The minimum Gasteiger partial charge on any atom is -0.370 e. The van der Waals surface area contributed by atoms with Gasteiger partial charge in [0.1, 0.15) is 0 Å². The Hall–Kier alpha value is -0.770. The number of aliphatic imine (C=N–C) groups is 1. The number of hydrogen-bond acceptors (Lipinski definition) is 2. The van der Waals surface area contributed by atoms with E-state index in [0.717, 1.165) is 13.1 Å². The van der Waals surface area contributed by atoms with Gasteiger partial charge in [-0.3, -0.25) is 4.99 Å². The second kappa shape index (κ2) is 37.4. The summed E-state index contributed by atoms with van der Waals surface area (Å²) in [6, 6.07) is 0. The molecule has 0 aliphatic rings. The summed E-state index contributed by atoms with van der Waals surface area (Å²) in [6.45, 7) is 8.75. The van der Waals surface area contributed by atoms with Gasteiger partial charge in [0.2, 0.25) is 0 Å². The van der Waals surface area contributed by atoms with Crippen LogP contribution in [-0.2, 0) is 0 Å². The summed E-state index contributed by atoms with van der Waals surface area (Å²) in [4.78, 5) is 6.86. The summed E-state index contributed by atoms with van der Waals surface area (Å²) in [6.07, 6.45) is 45.7. The zero-order valence-corrected chi connectivity index (χ0v) is 30.0. The second-order valence-corrected chi connectivity index (χ2v) is 13.8. The van der Waals surface area contributed by atoms with Crippen molar-refractivity contribution in [2.24, 2.45) is 16.5 Å². The Bertz CT molecular complexity index is 495. The fraction of sp³-hybridized carbons (Fsp3) is 0.974. The molecule has 0 atom stereocenters. The smallest absolute Gasteiger partial charge is 0.185 e. The molecule has 0 saturated heterocycles. The Labute approximate surface area is 272 Å². The van der Waals surface area contributed by atoms with Crippen LogP contribution in [0.2, 0.25) is 0 Å². The van der Waals surface area contributed by atoms with Crippen LogP contribution in [0, 0.1) is 0 Å². The predicted octanol–water partition coefficient (Wildman–Crippen LogP) is 12.1. The summed E-state index contributed by atoms with van der Waals surface area (Å²) in [5.74, 6) is 0.227. The van der Waals surface area contributed by atoms with Gasteiger partial charge in [0.05, 0.1) is 6.54 Å². The lowest BCUT2D eigenvalue weighted by molar-refractivity contribution is 0.267. The summed E-state index contributed by atoms with van der Waals surface area (Å²) in [5.41, 5.74) is 11.1. The van der Waals surface area contributed by atoms with Crippen molar-refractivity contribution in [3.8, 4) is 0 Å². The largest absolute Gasteiger partial charge is 0.370 e. The lowest BCUT2D eigenvalue weighted by Gasteiger charge is -2.21. The maximum absolute atomic E-state index is 5.57. The average Bonchev–Trinajstić information content (AvgIpc) is 3.00. The highest BCUT2D eigenvalue weighted by Gasteiger charge is 2.05. The van der Waals surface area contributed by atoms with Gasteiger partial charge in [-0.25, -0.2) is 0 Å². The maximum Gasteiger partial charge on any atom is 0.185 e. The van der Waals surface area contributed by atoms with Crippen LogP contribution in [0.4, 0.5) is 0 Å². The molecule has 0 aromatic carbocycles. The molecule has 0 bridgehead atoms. The van der Waals surface area contributed by atoms with E-state index in [1.807, 2.05) is 0 Å². The molecule has 0 rings (SSSR count). The fourth-order valence-electron chi connectivity index (χ4n) is 6.42. The highest BCUT2D eigenvalue weighted by atomic mass is 15.1. The van der Waals surface area contributed by atoms with Gasteiger partial charge in [-0.15, -0.1) is 0 Å². The highest BCUT2D eigenvalue weighted by Crippen LogP contribution is 2.15. The van der Waals surface area contributed by atoms with Crippen LogP contribution in [0.15, 0.2) is 4.99 Å². The molecule has 0 aromatic heterocycles. The molecular formula is C39H82N4. The maximum atomic E-state index is 5.57. The molecule has 4 N–H and O–H groups in total. The number of hydrogen-bond donors (Lipinski definition) is 2. The van der Waals surface area contributed by atoms with E-state index in [1.54, 1.807) is 0 Å². The van der Waals surface area contributed by atoms with Crippen LogP contribution in [0.25, 0.3) is 0 Å². The number of rotatable bonds is 37. The fourth-order valence-corrected chi connectivity index (χ4v) is 6.42. The molecule has 0 fully saturated rings. The summed E-state index contributed by atoms with van der Waals surface area (Å²) < 4.78 is 0. The molecular weight excluding hydrogens is 524 g/mol. The monoisotopic (exact) mass is 607 g/mol. The van der Waals surface area contributed by atoms with Crippen LogP contribution >= 0.6 is 0 Å². The minimum atomic E-state index is 0.227. The zero-order chi connectivity index (χ0) is 31.3. The van der Waals surface area contributed by atoms with E-state index in [2.05, 4.69) is 23.7 Å².